The maximum atomic E-state index is 10.0. The number of hydrogen-bond acceptors (Lipinski definition) is 4. The Morgan fingerprint density at radius 1 is 1.28 bits per heavy atom. The summed E-state index contributed by atoms with van der Waals surface area (Å²) in [6.07, 6.45) is 9.64. The molecule has 3 atom stereocenters. The van der Waals surface area contributed by atoms with Crippen LogP contribution in [0.1, 0.15) is 74.7 Å². The van der Waals surface area contributed by atoms with E-state index in [4.69, 9.17) is 4.74 Å². The van der Waals surface area contributed by atoms with Crippen molar-refractivity contribution in [3.63, 3.8) is 0 Å². The lowest BCUT2D eigenvalue weighted by atomic mass is 9.85. The number of nitrogens with one attached hydrogen (secondary N) is 1. The van der Waals surface area contributed by atoms with Crippen molar-refractivity contribution in [2.24, 2.45) is 9.98 Å². The average molecular weight is 442 g/mol. The van der Waals surface area contributed by atoms with E-state index >= 15 is 0 Å². The van der Waals surface area contributed by atoms with Crippen LogP contribution >= 0.6 is 0 Å². The van der Waals surface area contributed by atoms with E-state index in [0.29, 0.717) is 30.6 Å². The molecule has 3 heterocycles. The molecule has 3 aliphatic rings. The van der Waals surface area contributed by atoms with Crippen molar-refractivity contribution in [3.8, 4) is 0 Å². The Balaban J connectivity index is 1.69. The number of rotatable bonds is 6. The molecule has 0 unspecified atom stereocenters. The molecule has 1 saturated carbocycles. The van der Waals surface area contributed by atoms with E-state index in [2.05, 4.69) is 57.8 Å². The average Bonchev–Trinajstić information content (AvgIpc) is 3.17. The van der Waals surface area contributed by atoms with Gasteiger partial charge in [0, 0.05) is 42.1 Å². The van der Waals surface area contributed by atoms with Crippen molar-refractivity contribution in [1.29, 1.82) is 0 Å². The highest BCUT2D eigenvalue weighted by atomic mass is 16.5. The first-order chi connectivity index (χ1) is 15.4. The number of aliphatic hydroxyl groups excluding tert-OH is 1. The standard InChI is InChI=1S/C25H39N5O2/c1-16(15-32-5)27-25(26-3)28-30-17(2)23(14-24(30)18-6-10-22(31)11-7-18)19-12-20-8-9-21(13-19)29(20)4/h12,14,16,18,20-22,31H,3,6-11,13,15H2,1-2,4-5H3,(H,27,28)/t16-,18?,20+,21-,22?/m0/s1. The number of aromatic nitrogens is 1. The van der Waals surface area contributed by atoms with E-state index in [1.165, 1.54) is 35.4 Å². The number of likely N-dealkylation sites (N-methyl/N-ethyl adjacent to an activating group) is 1. The monoisotopic (exact) mass is 441 g/mol. The summed E-state index contributed by atoms with van der Waals surface area (Å²) in [5.74, 6) is 0.915. The van der Waals surface area contributed by atoms with Crippen molar-refractivity contribution >= 4 is 18.3 Å². The Labute approximate surface area is 192 Å². The fourth-order valence-electron chi connectivity index (χ4n) is 5.71. The first-order valence-corrected chi connectivity index (χ1v) is 12.0. The zero-order chi connectivity index (χ0) is 22.8. The smallest absolute Gasteiger partial charge is 0.237 e. The third-order valence-corrected chi connectivity index (χ3v) is 7.59. The number of nitrogens with zero attached hydrogens (tertiary/aromatic N) is 4. The molecular weight excluding hydrogens is 402 g/mol. The van der Waals surface area contributed by atoms with Gasteiger partial charge in [-0.15, -0.1) is 0 Å². The fraction of sp³-hybridized carbons (Fsp3) is 0.680. The molecule has 1 saturated heterocycles. The summed E-state index contributed by atoms with van der Waals surface area (Å²) in [5.41, 5.74) is 8.69. The molecule has 0 spiro atoms. The third-order valence-electron chi connectivity index (χ3n) is 7.59. The van der Waals surface area contributed by atoms with Crippen molar-refractivity contribution in [1.82, 2.24) is 9.58 Å². The molecule has 176 valence electrons. The maximum absolute atomic E-state index is 10.0. The largest absolute Gasteiger partial charge is 0.393 e. The van der Waals surface area contributed by atoms with Crippen LogP contribution in [0.15, 0.2) is 22.1 Å². The summed E-state index contributed by atoms with van der Waals surface area (Å²) in [6, 6.07) is 3.56. The van der Waals surface area contributed by atoms with E-state index in [9.17, 15) is 5.11 Å². The number of hydrogen-bond donors (Lipinski definition) is 2. The Morgan fingerprint density at radius 3 is 2.69 bits per heavy atom. The molecule has 1 aromatic heterocycles. The van der Waals surface area contributed by atoms with E-state index < -0.39 is 0 Å². The third kappa shape index (κ3) is 4.70. The van der Waals surface area contributed by atoms with Crippen LogP contribution in [0.5, 0.6) is 0 Å². The van der Waals surface area contributed by atoms with Crippen LogP contribution in [0.2, 0.25) is 0 Å². The molecule has 1 aliphatic carbocycles. The number of aliphatic hydroxyl groups is 1. The van der Waals surface area contributed by atoms with Crippen LogP contribution in [-0.2, 0) is 4.74 Å². The summed E-state index contributed by atoms with van der Waals surface area (Å²) >= 11 is 0. The van der Waals surface area contributed by atoms with E-state index in [0.717, 1.165) is 32.1 Å². The minimum absolute atomic E-state index is 0.0103. The molecule has 4 rings (SSSR count). The molecular formula is C25H39N5O2. The summed E-state index contributed by atoms with van der Waals surface area (Å²) < 4.78 is 7.40. The van der Waals surface area contributed by atoms with Gasteiger partial charge in [0.25, 0.3) is 0 Å². The zero-order valence-electron chi connectivity index (χ0n) is 20.0. The van der Waals surface area contributed by atoms with Crippen molar-refractivity contribution in [2.75, 3.05) is 26.2 Å². The predicted octanol–water partition coefficient (Wildman–Crippen LogP) is 3.70. The normalized spacial score (nSPS) is 29.7. The maximum Gasteiger partial charge on any atom is 0.237 e. The Bertz CT molecular complexity index is 881. The van der Waals surface area contributed by atoms with Gasteiger partial charge in [0.1, 0.15) is 0 Å². The first-order valence-electron chi connectivity index (χ1n) is 12.0. The van der Waals surface area contributed by atoms with Crippen LogP contribution in [0, 0.1) is 6.92 Å². The number of methoxy groups -OCH3 is 1. The second-order valence-corrected chi connectivity index (χ2v) is 9.80. The molecule has 2 bridgehead atoms. The van der Waals surface area contributed by atoms with E-state index in [1.54, 1.807) is 7.11 Å². The van der Waals surface area contributed by atoms with Gasteiger partial charge in [-0.3, -0.25) is 15.0 Å². The van der Waals surface area contributed by atoms with Gasteiger partial charge in [-0.25, -0.2) is 9.98 Å². The molecule has 0 aromatic carbocycles. The topological polar surface area (TPSA) is 74.4 Å². The van der Waals surface area contributed by atoms with Crippen molar-refractivity contribution in [2.45, 2.75) is 88.9 Å². The molecule has 32 heavy (non-hydrogen) atoms. The highest BCUT2D eigenvalue weighted by Gasteiger charge is 2.35. The van der Waals surface area contributed by atoms with Crippen molar-refractivity contribution < 1.29 is 9.84 Å². The van der Waals surface area contributed by atoms with Crippen LogP contribution < -0.4 is 5.43 Å². The van der Waals surface area contributed by atoms with Gasteiger partial charge in [-0.05, 0) is 84.2 Å². The second kappa shape index (κ2) is 9.89. The lowest BCUT2D eigenvalue weighted by Gasteiger charge is -2.30. The van der Waals surface area contributed by atoms with Gasteiger partial charge in [0.05, 0.1) is 18.8 Å². The number of guanidine groups is 1. The first kappa shape index (κ1) is 23.2. The Hall–Kier alpha value is -1.96. The fourth-order valence-corrected chi connectivity index (χ4v) is 5.71. The molecule has 7 heteroatoms. The summed E-state index contributed by atoms with van der Waals surface area (Å²) in [5, 5.41) is 10.0. The Morgan fingerprint density at radius 2 is 2.03 bits per heavy atom. The van der Waals surface area contributed by atoms with Crippen LogP contribution in [0.4, 0.5) is 0 Å². The number of fused-ring (bicyclic) bond motifs is 2. The highest BCUT2D eigenvalue weighted by molar-refractivity contribution is 5.91. The molecule has 2 N–H and O–H groups in total. The molecule has 7 nitrogen and oxygen atoms in total. The molecule has 2 aliphatic heterocycles. The van der Waals surface area contributed by atoms with Gasteiger partial charge in [0.15, 0.2) is 0 Å². The lowest BCUT2D eigenvalue weighted by Crippen LogP contribution is -2.34. The minimum Gasteiger partial charge on any atom is -0.393 e. The van der Waals surface area contributed by atoms with Crippen LogP contribution in [0.25, 0.3) is 5.57 Å². The quantitative estimate of drug-likeness (QED) is 0.521. The highest BCUT2D eigenvalue weighted by Crippen LogP contribution is 2.41. The number of aliphatic imine (C=N–C) groups is 2. The zero-order valence-corrected chi connectivity index (χ0v) is 20.0. The summed E-state index contributed by atoms with van der Waals surface area (Å²) in [7, 11) is 3.94. The van der Waals surface area contributed by atoms with Crippen LogP contribution in [0.3, 0.4) is 0 Å². The van der Waals surface area contributed by atoms with Crippen LogP contribution in [-0.4, -0.2) is 72.4 Å². The molecule has 0 radical (unpaired) electrons. The van der Waals surface area contributed by atoms with Gasteiger partial charge in [0.2, 0.25) is 5.96 Å². The molecule has 1 aromatic rings. The van der Waals surface area contributed by atoms with Gasteiger partial charge in [-0.1, -0.05) is 6.08 Å². The molecule has 0 amide bonds. The van der Waals surface area contributed by atoms with Crippen molar-refractivity contribution in [3.05, 3.63) is 29.1 Å². The van der Waals surface area contributed by atoms with Gasteiger partial charge >= 0.3 is 0 Å². The number of ether oxygens (including phenoxy) is 1. The van der Waals surface area contributed by atoms with E-state index in [-0.39, 0.29) is 12.1 Å². The SMILES string of the molecule is C=NC(=N[C@@H](C)COC)Nn1c(C2CCC(O)CC2)cc(C2=C[C@H]3CC[C@@H](C2)N3C)c1C. The van der Waals surface area contributed by atoms with Gasteiger partial charge < -0.3 is 9.84 Å². The summed E-state index contributed by atoms with van der Waals surface area (Å²) in [6.45, 7) is 8.46. The second-order valence-electron chi connectivity index (χ2n) is 9.80. The minimum atomic E-state index is -0.169. The summed E-state index contributed by atoms with van der Waals surface area (Å²) in [4.78, 5) is 11.3. The van der Waals surface area contributed by atoms with E-state index in [1.807, 2.05) is 6.92 Å². The predicted molar refractivity (Wildman–Crippen MR) is 131 cm³/mol. The molecule has 2 fully saturated rings. The lowest BCUT2D eigenvalue weighted by molar-refractivity contribution is 0.121. The van der Waals surface area contributed by atoms with Gasteiger partial charge in [-0.2, -0.15) is 0 Å². The Kier molecular flexibility index (Phi) is 7.17.